The first kappa shape index (κ1) is 18.1. The first-order chi connectivity index (χ1) is 12.5. The number of aromatic nitrogens is 3. The number of amides is 1. The van der Waals surface area contributed by atoms with E-state index in [0.29, 0.717) is 24.4 Å². The summed E-state index contributed by atoms with van der Waals surface area (Å²) >= 11 is 1.50. The van der Waals surface area contributed by atoms with Crippen LogP contribution in [0.15, 0.2) is 29.8 Å². The van der Waals surface area contributed by atoms with Crippen molar-refractivity contribution >= 4 is 17.2 Å². The molecule has 0 atom stereocenters. The van der Waals surface area contributed by atoms with Crippen molar-refractivity contribution < 1.29 is 14.6 Å². The van der Waals surface area contributed by atoms with Crippen molar-refractivity contribution in [3.8, 4) is 27.8 Å². The molecular weight excluding hydrogens is 352 g/mol. The lowest BCUT2D eigenvalue weighted by Gasteiger charge is -2.09. The Balaban J connectivity index is 1.99. The second-order valence-corrected chi connectivity index (χ2v) is 6.61. The quantitative estimate of drug-likeness (QED) is 0.663. The van der Waals surface area contributed by atoms with Gasteiger partial charge in [0.2, 0.25) is 5.88 Å². The molecule has 0 saturated heterocycles. The van der Waals surface area contributed by atoms with Gasteiger partial charge in [-0.2, -0.15) is 0 Å². The van der Waals surface area contributed by atoms with Gasteiger partial charge in [0, 0.05) is 42.1 Å². The Labute approximate surface area is 155 Å². The normalized spacial score (nSPS) is 10.9. The summed E-state index contributed by atoms with van der Waals surface area (Å²) in [6.07, 6.45) is 2.30. The standard InChI is InChI=1S/C18H20N4O3S/c1-11-13(17(19)24)8-15(22(11)6-3-7-23)14-10-26-18(21-14)12-4-5-16(25-2)20-9-12/h4-5,8-10,23H,3,6-7H2,1-2H3,(H2,19,24). The zero-order chi connectivity index (χ0) is 18.7. The number of primary amides is 1. The summed E-state index contributed by atoms with van der Waals surface area (Å²) in [4.78, 5) is 20.6. The Hall–Kier alpha value is -2.71. The maximum atomic E-state index is 11.7. The monoisotopic (exact) mass is 372 g/mol. The van der Waals surface area contributed by atoms with Crippen LogP contribution in [0.3, 0.4) is 0 Å². The summed E-state index contributed by atoms with van der Waals surface area (Å²) in [5.41, 5.74) is 9.20. The molecular formula is C18H20N4O3S. The Morgan fingerprint density at radius 2 is 2.23 bits per heavy atom. The van der Waals surface area contributed by atoms with Crippen molar-refractivity contribution in [2.45, 2.75) is 19.9 Å². The van der Waals surface area contributed by atoms with E-state index in [-0.39, 0.29) is 6.61 Å². The topological polar surface area (TPSA) is 103 Å². The van der Waals surface area contributed by atoms with E-state index in [4.69, 9.17) is 20.6 Å². The predicted molar refractivity (Wildman–Crippen MR) is 100 cm³/mol. The first-order valence-electron chi connectivity index (χ1n) is 8.12. The molecule has 0 aliphatic rings. The van der Waals surface area contributed by atoms with Crippen molar-refractivity contribution in [2.75, 3.05) is 13.7 Å². The highest BCUT2D eigenvalue weighted by atomic mass is 32.1. The van der Waals surface area contributed by atoms with E-state index >= 15 is 0 Å². The van der Waals surface area contributed by atoms with Gasteiger partial charge in [-0.3, -0.25) is 4.79 Å². The fourth-order valence-electron chi connectivity index (χ4n) is 2.78. The molecule has 0 aliphatic carbocycles. The predicted octanol–water partition coefficient (Wildman–Crippen LogP) is 2.47. The SMILES string of the molecule is COc1ccc(-c2nc(-c3cc(C(N)=O)c(C)n3CCCO)cs2)cn1. The molecule has 7 nitrogen and oxygen atoms in total. The van der Waals surface area contributed by atoms with Crippen LogP contribution in [0.4, 0.5) is 0 Å². The summed E-state index contributed by atoms with van der Waals surface area (Å²) in [7, 11) is 1.57. The summed E-state index contributed by atoms with van der Waals surface area (Å²) in [6, 6.07) is 5.45. The Morgan fingerprint density at radius 3 is 2.85 bits per heavy atom. The molecule has 3 aromatic rings. The molecule has 0 radical (unpaired) electrons. The lowest BCUT2D eigenvalue weighted by atomic mass is 10.2. The minimum absolute atomic E-state index is 0.0722. The molecule has 0 saturated carbocycles. The van der Waals surface area contributed by atoms with Crippen molar-refractivity contribution in [3.63, 3.8) is 0 Å². The van der Waals surface area contributed by atoms with E-state index in [9.17, 15) is 4.79 Å². The second-order valence-electron chi connectivity index (χ2n) is 5.75. The molecule has 0 fully saturated rings. The molecule has 8 heteroatoms. The summed E-state index contributed by atoms with van der Waals surface area (Å²) in [6.45, 7) is 2.51. The highest BCUT2D eigenvalue weighted by Gasteiger charge is 2.18. The number of pyridine rings is 1. The van der Waals surface area contributed by atoms with Crippen LogP contribution in [0, 0.1) is 6.92 Å². The van der Waals surface area contributed by atoms with Crippen molar-refractivity contribution in [3.05, 3.63) is 41.0 Å². The molecule has 26 heavy (non-hydrogen) atoms. The number of hydrogen-bond donors (Lipinski definition) is 2. The number of thiazole rings is 1. The molecule has 136 valence electrons. The summed E-state index contributed by atoms with van der Waals surface area (Å²) in [5, 5.41) is 11.9. The molecule has 0 bridgehead atoms. The van der Waals surface area contributed by atoms with Crippen LogP contribution in [-0.2, 0) is 6.54 Å². The van der Waals surface area contributed by atoms with Gasteiger partial charge in [-0.25, -0.2) is 9.97 Å². The number of rotatable bonds is 7. The zero-order valence-electron chi connectivity index (χ0n) is 14.6. The summed E-state index contributed by atoms with van der Waals surface area (Å²) < 4.78 is 7.05. The minimum atomic E-state index is -0.471. The van der Waals surface area contributed by atoms with E-state index < -0.39 is 5.91 Å². The molecule has 0 aromatic carbocycles. The third-order valence-electron chi connectivity index (χ3n) is 4.13. The van der Waals surface area contributed by atoms with E-state index in [1.54, 1.807) is 25.4 Å². The number of ether oxygens (including phenoxy) is 1. The molecule has 0 aliphatic heterocycles. The first-order valence-corrected chi connectivity index (χ1v) is 9.00. The van der Waals surface area contributed by atoms with Gasteiger partial charge in [0.05, 0.1) is 24.1 Å². The largest absolute Gasteiger partial charge is 0.481 e. The van der Waals surface area contributed by atoms with Gasteiger partial charge in [-0.15, -0.1) is 11.3 Å². The Kier molecular flexibility index (Phi) is 5.34. The number of nitrogens with zero attached hydrogens (tertiary/aromatic N) is 3. The average molecular weight is 372 g/mol. The van der Waals surface area contributed by atoms with Gasteiger partial charge in [-0.1, -0.05) is 0 Å². The lowest BCUT2D eigenvalue weighted by molar-refractivity contribution is 0.0999. The van der Waals surface area contributed by atoms with Crippen molar-refractivity contribution in [1.29, 1.82) is 0 Å². The van der Waals surface area contributed by atoms with E-state index in [2.05, 4.69) is 4.98 Å². The zero-order valence-corrected chi connectivity index (χ0v) is 15.4. The molecule has 3 aromatic heterocycles. The Bertz CT molecular complexity index is 915. The number of aliphatic hydroxyl groups is 1. The van der Waals surface area contributed by atoms with E-state index in [1.807, 2.05) is 22.9 Å². The number of nitrogens with two attached hydrogens (primary N) is 1. The molecule has 0 spiro atoms. The van der Waals surface area contributed by atoms with Crippen LogP contribution < -0.4 is 10.5 Å². The molecule has 3 rings (SSSR count). The van der Waals surface area contributed by atoms with E-state index in [1.165, 1.54) is 11.3 Å². The number of carbonyl (C=O) groups excluding carboxylic acids is 1. The molecule has 1 amide bonds. The number of methoxy groups -OCH3 is 1. The minimum Gasteiger partial charge on any atom is -0.481 e. The van der Waals surface area contributed by atoms with Crippen LogP contribution in [-0.4, -0.2) is 39.3 Å². The smallest absolute Gasteiger partial charge is 0.250 e. The van der Waals surface area contributed by atoms with Gasteiger partial charge in [-0.05, 0) is 25.5 Å². The van der Waals surface area contributed by atoms with Crippen LogP contribution >= 0.6 is 11.3 Å². The fraction of sp³-hybridized carbons (Fsp3) is 0.278. The highest BCUT2D eigenvalue weighted by molar-refractivity contribution is 7.13. The molecule has 0 unspecified atom stereocenters. The third kappa shape index (κ3) is 3.47. The fourth-order valence-corrected chi connectivity index (χ4v) is 3.58. The number of hydrogen-bond acceptors (Lipinski definition) is 6. The maximum Gasteiger partial charge on any atom is 0.250 e. The van der Waals surface area contributed by atoms with Crippen LogP contribution in [0.1, 0.15) is 22.5 Å². The average Bonchev–Trinajstić information content (AvgIpc) is 3.25. The van der Waals surface area contributed by atoms with Crippen LogP contribution in [0.25, 0.3) is 22.0 Å². The highest BCUT2D eigenvalue weighted by Crippen LogP contribution is 2.31. The van der Waals surface area contributed by atoms with Crippen molar-refractivity contribution in [2.24, 2.45) is 5.73 Å². The summed E-state index contributed by atoms with van der Waals surface area (Å²) in [5.74, 6) is 0.0754. The van der Waals surface area contributed by atoms with E-state index in [0.717, 1.165) is 27.7 Å². The van der Waals surface area contributed by atoms with Crippen LogP contribution in [0.5, 0.6) is 5.88 Å². The molecule has 3 N–H and O–H groups in total. The second kappa shape index (κ2) is 7.67. The number of aliphatic hydroxyl groups excluding tert-OH is 1. The van der Waals surface area contributed by atoms with Crippen molar-refractivity contribution in [1.82, 2.24) is 14.5 Å². The lowest BCUT2D eigenvalue weighted by Crippen LogP contribution is -2.12. The molecule has 3 heterocycles. The third-order valence-corrected chi connectivity index (χ3v) is 5.02. The van der Waals surface area contributed by atoms with Gasteiger partial charge in [0.15, 0.2) is 0 Å². The van der Waals surface area contributed by atoms with Crippen LogP contribution in [0.2, 0.25) is 0 Å². The number of carbonyl (C=O) groups is 1. The van der Waals surface area contributed by atoms with Gasteiger partial charge >= 0.3 is 0 Å². The Morgan fingerprint density at radius 1 is 1.42 bits per heavy atom. The maximum absolute atomic E-state index is 11.7. The van der Waals surface area contributed by atoms with Gasteiger partial charge in [0.1, 0.15) is 5.01 Å². The van der Waals surface area contributed by atoms with Gasteiger partial charge in [0.25, 0.3) is 5.91 Å². The van der Waals surface area contributed by atoms with Gasteiger partial charge < -0.3 is 20.1 Å².